The number of rotatable bonds is 1. The highest BCUT2D eigenvalue weighted by atomic mass is 16.5. The minimum atomic E-state index is 0.179. The van der Waals surface area contributed by atoms with Crippen LogP contribution in [0.4, 0.5) is 0 Å². The number of hydrogen-bond acceptors (Lipinski definition) is 2. The van der Waals surface area contributed by atoms with Gasteiger partial charge in [-0.15, -0.1) is 0 Å². The van der Waals surface area contributed by atoms with Gasteiger partial charge in [0.15, 0.2) is 0 Å². The first-order valence-corrected chi connectivity index (χ1v) is 3.21. The average molecular weight is 131 g/mol. The molecule has 2 atom stereocenters. The molecule has 0 aromatic heterocycles. The number of nitrogens with one attached hydrogen (secondary N) is 1. The van der Waals surface area contributed by atoms with Crippen LogP contribution in [0, 0.1) is 7.05 Å². The number of ether oxygens (including phenoxy) is 1. The van der Waals surface area contributed by atoms with Gasteiger partial charge < -0.3 is 14.7 Å². The van der Waals surface area contributed by atoms with Crippen LogP contribution in [-0.4, -0.2) is 37.5 Å². The molecule has 0 saturated carbocycles. The second-order valence-corrected chi connectivity index (χ2v) is 2.36. The molecule has 3 heteroatoms. The van der Waals surface area contributed by atoms with Gasteiger partial charge in [-0.1, -0.05) is 0 Å². The van der Waals surface area contributed by atoms with Crippen molar-refractivity contribution in [2.45, 2.75) is 6.04 Å². The highest BCUT2D eigenvalue weighted by Gasteiger charge is 2.17. The van der Waals surface area contributed by atoms with Gasteiger partial charge in [-0.05, 0) is 0 Å². The lowest BCUT2D eigenvalue weighted by molar-refractivity contribution is -0.891. The molecule has 0 aliphatic carbocycles. The molecule has 1 aliphatic rings. The Hall–Kier alpha value is -0.120. The lowest BCUT2D eigenvalue weighted by Gasteiger charge is -2.33. The molecule has 2 N–H and O–H groups in total. The van der Waals surface area contributed by atoms with E-state index in [9.17, 15) is 0 Å². The second-order valence-electron chi connectivity index (χ2n) is 2.36. The highest BCUT2D eigenvalue weighted by molar-refractivity contribution is 4.54. The van der Waals surface area contributed by atoms with Crippen molar-refractivity contribution in [3.63, 3.8) is 0 Å². The number of morpholine rings is 1. The first kappa shape index (κ1) is 6.99. The maximum absolute atomic E-state index is 8.72. The Labute approximate surface area is 55.2 Å². The Kier molecular flexibility index (Phi) is 2.45. The van der Waals surface area contributed by atoms with Gasteiger partial charge in [-0.3, -0.25) is 0 Å². The van der Waals surface area contributed by atoms with Crippen molar-refractivity contribution in [1.29, 1.82) is 0 Å². The first-order valence-electron chi connectivity index (χ1n) is 3.21. The van der Waals surface area contributed by atoms with E-state index in [1.54, 1.807) is 0 Å². The van der Waals surface area contributed by atoms with E-state index in [4.69, 9.17) is 9.84 Å². The molecular weight excluding hydrogens is 118 g/mol. The van der Waals surface area contributed by atoms with Gasteiger partial charge in [-0.2, -0.15) is 7.05 Å². The van der Waals surface area contributed by atoms with E-state index in [-0.39, 0.29) is 12.6 Å². The van der Waals surface area contributed by atoms with Gasteiger partial charge in [0.05, 0.1) is 26.4 Å². The predicted octanol–water partition coefficient (Wildman–Crippen LogP) is -1.95. The first-order chi connectivity index (χ1) is 4.34. The summed E-state index contributed by atoms with van der Waals surface area (Å²) in [6.45, 7) is 2.51. The molecule has 54 valence electrons. The van der Waals surface area contributed by atoms with Crippen LogP contribution >= 0.6 is 0 Å². The zero-order valence-corrected chi connectivity index (χ0v) is 5.47. The summed E-state index contributed by atoms with van der Waals surface area (Å²) in [6.07, 6.45) is 0. The van der Waals surface area contributed by atoms with E-state index in [2.05, 4.69) is 7.05 Å². The number of aliphatic hydroxyl groups excluding tert-OH is 1. The molecule has 0 radical (unpaired) electrons. The van der Waals surface area contributed by atoms with Gasteiger partial charge in [0.2, 0.25) is 0 Å². The Morgan fingerprint density at radius 2 is 2.56 bits per heavy atom. The standard InChI is InChI=1S/C6H13NO2/c1-7-2-3-9-5-6(7)4-8/h6-8H,1-5H2/t6-/m1/s1. The Morgan fingerprint density at radius 3 is 3.00 bits per heavy atom. The molecule has 1 saturated heterocycles. The van der Waals surface area contributed by atoms with Gasteiger partial charge in [0.25, 0.3) is 0 Å². The van der Waals surface area contributed by atoms with Crippen LogP contribution in [-0.2, 0) is 4.74 Å². The van der Waals surface area contributed by atoms with Crippen molar-refractivity contribution >= 4 is 0 Å². The van der Waals surface area contributed by atoms with Crippen molar-refractivity contribution in [3.05, 3.63) is 7.05 Å². The van der Waals surface area contributed by atoms with Crippen molar-refractivity contribution in [2.75, 3.05) is 26.4 Å². The summed E-state index contributed by atoms with van der Waals surface area (Å²) in [5.41, 5.74) is 0. The van der Waals surface area contributed by atoms with Crippen LogP contribution in [0.2, 0.25) is 0 Å². The van der Waals surface area contributed by atoms with Crippen LogP contribution in [0.1, 0.15) is 0 Å². The molecule has 1 fully saturated rings. The summed E-state index contributed by atoms with van der Waals surface area (Å²) in [4.78, 5) is 1.13. The minimum absolute atomic E-state index is 0.179. The average Bonchev–Trinajstić information content (AvgIpc) is 1.89. The molecule has 1 rings (SSSR count). The van der Waals surface area contributed by atoms with Crippen LogP contribution in [0.25, 0.3) is 0 Å². The normalized spacial score (nSPS) is 36.7. The Balaban J connectivity index is 2.30. The smallest absolute Gasteiger partial charge is 0.111 e. The summed E-state index contributed by atoms with van der Waals surface area (Å²) >= 11 is 0. The quantitative estimate of drug-likeness (QED) is 0.406. The van der Waals surface area contributed by atoms with Crippen LogP contribution in [0.15, 0.2) is 0 Å². The summed E-state index contributed by atoms with van der Waals surface area (Å²) in [5.74, 6) is 0. The molecule has 1 unspecified atom stereocenters. The van der Waals surface area contributed by atoms with Crippen LogP contribution < -0.4 is 4.90 Å². The predicted molar refractivity (Wildman–Crippen MR) is 32.9 cm³/mol. The molecule has 0 aromatic carbocycles. The SMILES string of the molecule is [CH2-][NH+]1CCOC[C@H]1CO. The summed E-state index contributed by atoms with van der Waals surface area (Å²) in [5, 5.41) is 8.72. The maximum atomic E-state index is 8.72. The lowest BCUT2D eigenvalue weighted by Crippen LogP contribution is -3.14. The van der Waals surface area contributed by atoms with Crippen molar-refractivity contribution in [3.8, 4) is 0 Å². The fourth-order valence-electron chi connectivity index (χ4n) is 0.933. The third kappa shape index (κ3) is 1.64. The number of aliphatic hydroxyl groups is 1. The summed E-state index contributed by atoms with van der Waals surface area (Å²) < 4.78 is 5.12. The zero-order valence-electron chi connectivity index (χ0n) is 5.47. The molecule has 0 amide bonds. The molecule has 1 heterocycles. The lowest BCUT2D eigenvalue weighted by atomic mass is 10.3. The second kappa shape index (κ2) is 3.15. The molecule has 9 heavy (non-hydrogen) atoms. The largest absolute Gasteiger partial charge is 0.460 e. The van der Waals surface area contributed by atoms with Gasteiger partial charge in [0, 0.05) is 0 Å². The highest BCUT2D eigenvalue weighted by Crippen LogP contribution is 1.84. The van der Waals surface area contributed by atoms with E-state index < -0.39 is 0 Å². The van der Waals surface area contributed by atoms with E-state index in [0.717, 1.165) is 18.1 Å². The summed E-state index contributed by atoms with van der Waals surface area (Å²) in [7, 11) is 3.83. The van der Waals surface area contributed by atoms with Crippen molar-refractivity contribution in [1.82, 2.24) is 0 Å². The molecule has 0 aromatic rings. The maximum Gasteiger partial charge on any atom is 0.111 e. The molecular formula is C6H13NO2. The molecule has 0 spiro atoms. The topological polar surface area (TPSA) is 33.9 Å². The molecule has 1 aliphatic heterocycles. The fourth-order valence-corrected chi connectivity index (χ4v) is 0.933. The van der Waals surface area contributed by atoms with E-state index in [0.29, 0.717) is 6.61 Å². The minimum Gasteiger partial charge on any atom is -0.460 e. The Bertz CT molecular complexity index is 87.1. The van der Waals surface area contributed by atoms with Gasteiger partial charge in [0.1, 0.15) is 6.04 Å². The van der Waals surface area contributed by atoms with E-state index >= 15 is 0 Å². The third-order valence-corrected chi connectivity index (χ3v) is 1.68. The number of quaternary nitrogens is 1. The van der Waals surface area contributed by atoms with Crippen molar-refractivity contribution in [2.24, 2.45) is 0 Å². The summed E-state index contributed by atoms with van der Waals surface area (Å²) in [6, 6.07) is 0.193. The van der Waals surface area contributed by atoms with Gasteiger partial charge >= 0.3 is 0 Å². The molecule has 0 bridgehead atoms. The fraction of sp³-hybridized carbons (Fsp3) is 0.833. The number of hydrogen-bond donors (Lipinski definition) is 2. The van der Waals surface area contributed by atoms with E-state index in [1.807, 2.05) is 0 Å². The zero-order chi connectivity index (χ0) is 6.69. The van der Waals surface area contributed by atoms with Crippen LogP contribution in [0.5, 0.6) is 0 Å². The Morgan fingerprint density at radius 1 is 1.78 bits per heavy atom. The van der Waals surface area contributed by atoms with Crippen molar-refractivity contribution < 1.29 is 14.7 Å². The van der Waals surface area contributed by atoms with Crippen LogP contribution in [0.3, 0.4) is 0 Å². The monoisotopic (exact) mass is 131 g/mol. The van der Waals surface area contributed by atoms with Gasteiger partial charge in [-0.25, -0.2) is 0 Å². The molecule has 3 nitrogen and oxygen atoms in total. The third-order valence-electron chi connectivity index (χ3n) is 1.68. The van der Waals surface area contributed by atoms with E-state index in [1.165, 1.54) is 0 Å².